The highest BCUT2D eigenvalue weighted by Crippen LogP contribution is 2.32. The van der Waals surface area contributed by atoms with Crippen molar-refractivity contribution in [1.29, 1.82) is 0 Å². The van der Waals surface area contributed by atoms with E-state index < -0.39 is 0 Å². The van der Waals surface area contributed by atoms with Gasteiger partial charge in [-0.05, 0) is 24.3 Å². The summed E-state index contributed by atoms with van der Waals surface area (Å²) < 4.78 is 10.5. The molecule has 4 heteroatoms. The number of methoxy groups -OCH3 is 2. The number of halogens is 1. The van der Waals surface area contributed by atoms with Gasteiger partial charge in [-0.1, -0.05) is 17.7 Å². The van der Waals surface area contributed by atoms with Gasteiger partial charge in [0.15, 0.2) is 0 Å². The molecule has 0 atom stereocenters. The number of pyridine rings is 1. The van der Waals surface area contributed by atoms with Gasteiger partial charge in [0.1, 0.15) is 16.7 Å². The molecule has 0 bridgehead atoms. The van der Waals surface area contributed by atoms with E-state index in [0.29, 0.717) is 10.9 Å². The van der Waals surface area contributed by atoms with Crippen LogP contribution in [0.15, 0.2) is 36.4 Å². The van der Waals surface area contributed by atoms with E-state index in [1.165, 1.54) is 0 Å². The minimum absolute atomic E-state index is 0.459. The predicted molar refractivity (Wildman–Crippen MR) is 67.8 cm³/mol. The summed E-state index contributed by atoms with van der Waals surface area (Å²) in [7, 11) is 3.23. The average molecular weight is 250 g/mol. The van der Waals surface area contributed by atoms with E-state index in [1.54, 1.807) is 20.3 Å². The van der Waals surface area contributed by atoms with Gasteiger partial charge in [-0.25, -0.2) is 4.98 Å². The van der Waals surface area contributed by atoms with Crippen LogP contribution < -0.4 is 9.47 Å². The summed E-state index contributed by atoms with van der Waals surface area (Å²) in [5.74, 6) is 1.45. The quantitative estimate of drug-likeness (QED) is 0.781. The van der Waals surface area contributed by atoms with Crippen LogP contribution in [0.4, 0.5) is 0 Å². The topological polar surface area (TPSA) is 31.4 Å². The Labute approximate surface area is 105 Å². The molecule has 2 aromatic rings. The average Bonchev–Trinajstić information content (AvgIpc) is 2.38. The highest BCUT2D eigenvalue weighted by Gasteiger charge is 2.08. The van der Waals surface area contributed by atoms with Gasteiger partial charge in [-0.2, -0.15) is 0 Å². The minimum atomic E-state index is 0.459. The summed E-state index contributed by atoms with van der Waals surface area (Å²) in [5, 5.41) is 0.459. The molecular weight excluding hydrogens is 238 g/mol. The number of benzene rings is 1. The SMILES string of the molecule is COc1ccc(-c2cccc(Cl)n2)c(OC)c1. The van der Waals surface area contributed by atoms with E-state index in [2.05, 4.69) is 4.98 Å². The second-order valence-corrected chi connectivity index (χ2v) is 3.80. The van der Waals surface area contributed by atoms with Crippen molar-refractivity contribution in [2.24, 2.45) is 0 Å². The molecule has 0 spiro atoms. The Morgan fingerprint density at radius 3 is 2.53 bits per heavy atom. The lowest BCUT2D eigenvalue weighted by molar-refractivity contribution is 0.395. The Morgan fingerprint density at radius 2 is 1.88 bits per heavy atom. The smallest absolute Gasteiger partial charge is 0.131 e. The largest absolute Gasteiger partial charge is 0.497 e. The van der Waals surface area contributed by atoms with E-state index >= 15 is 0 Å². The van der Waals surface area contributed by atoms with Crippen LogP contribution in [0, 0.1) is 0 Å². The van der Waals surface area contributed by atoms with Crippen molar-refractivity contribution in [2.45, 2.75) is 0 Å². The van der Waals surface area contributed by atoms with Crippen LogP contribution in [-0.4, -0.2) is 19.2 Å². The maximum Gasteiger partial charge on any atom is 0.131 e. The fourth-order valence-corrected chi connectivity index (χ4v) is 1.73. The summed E-state index contributed by atoms with van der Waals surface area (Å²) in [4.78, 5) is 4.25. The van der Waals surface area contributed by atoms with Crippen LogP contribution in [0.1, 0.15) is 0 Å². The fraction of sp³-hybridized carbons (Fsp3) is 0.154. The number of nitrogens with zero attached hydrogens (tertiary/aromatic N) is 1. The second kappa shape index (κ2) is 5.06. The molecule has 0 fully saturated rings. The van der Waals surface area contributed by atoms with Crippen LogP contribution in [0.2, 0.25) is 5.15 Å². The summed E-state index contributed by atoms with van der Waals surface area (Å²) in [6.07, 6.45) is 0. The van der Waals surface area contributed by atoms with Crippen molar-refractivity contribution in [3.8, 4) is 22.8 Å². The third kappa shape index (κ3) is 2.50. The molecule has 0 N–H and O–H groups in total. The standard InChI is InChI=1S/C13H12ClNO2/c1-16-9-6-7-10(12(8-9)17-2)11-4-3-5-13(14)15-11/h3-8H,1-2H3. The molecule has 0 amide bonds. The monoisotopic (exact) mass is 249 g/mol. The molecule has 0 saturated heterocycles. The molecule has 1 aromatic carbocycles. The van der Waals surface area contributed by atoms with E-state index in [1.807, 2.05) is 30.3 Å². The van der Waals surface area contributed by atoms with Gasteiger partial charge < -0.3 is 9.47 Å². The number of rotatable bonds is 3. The Hall–Kier alpha value is -1.74. The first-order valence-electron chi connectivity index (χ1n) is 5.09. The van der Waals surface area contributed by atoms with Crippen LogP contribution in [-0.2, 0) is 0 Å². The predicted octanol–water partition coefficient (Wildman–Crippen LogP) is 3.42. The van der Waals surface area contributed by atoms with Crippen molar-refractivity contribution in [3.05, 3.63) is 41.6 Å². The first kappa shape index (κ1) is 11.7. The molecular formula is C13H12ClNO2. The Kier molecular flexibility index (Phi) is 3.49. The molecule has 1 heterocycles. The molecule has 0 radical (unpaired) electrons. The second-order valence-electron chi connectivity index (χ2n) is 3.41. The van der Waals surface area contributed by atoms with Gasteiger partial charge >= 0.3 is 0 Å². The molecule has 0 aliphatic rings. The maximum atomic E-state index is 5.87. The summed E-state index contributed by atoms with van der Waals surface area (Å²) >= 11 is 5.87. The van der Waals surface area contributed by atoms with Crippen molar-refractivity contribution in [2.75, 3.05) is 14.2 Å². The third-order valence-corrected chi connectivity index (χ3v) is 2.61. The van der Waals surface area contributed by atoms with Crippen molar-refractivity contribution >= 4 is 11.6 Å². The lowest BCUT2D eigenvalue weighted by atomic mass is 10.1. The summed E-state index contributed by atoms with van der Waals surface area (Å²) in [6.45, 7) is 0. The lowest BCUT2D eigenvalue weighted by Gasteiger charge is -2.09. The zero-order chi connectivity index (χ0) is 12.3. The highest BCUT2D eigenvalue weighted by atomic mass is 35.5. The Bertz CT molecular complexity index is 529. The summed E-state index contributed by atoms with van der Waals surface area (Å²) in [5.41, 5.74) is 1.66. The van der Waals surface area contributed by atoms with E-state index in [0.717, 1.165) is 17.0 Å². The first-order chi connectivity index (χ1) is 8.24. The van der Waals surface area contributed by atoms with Crippen molar-refractivity contribution in [1.82, 2.24) is 4.98 Å². The number of aromatic nitrogens is 1. The molecule has 2 rings (SSSR count). The fourth-order valence-electron chi connectivity index (χ4n) is 1.57. The molecule has 0 saturated carbocycles. The van der Waals surface area contributed by atoms with E-state index in [4.69, 9.17) is 21.1 Å². The Morgan fingerprint density at radius 1 is 1.06 bits per heavy atom. The zero-order valence-corrected chi connectivity index (χ0v) is 10.4. The van der Waals surface area contributed by atoms with Gasteiger partial charge in [0.2, 0.25) is 0 Å². The van der Waals surface area contributed by atoms with Gasteiger partial charge in [-0.3, -0.25) is 0 Å². The lowest BCUT2D eigenvalue weighted by Crippen LogP contribution is -1.92. The van der Waals surface area contributed by atoms with E-state index in [-0.39, 0.29) is 0 Å². The van der Waals surface area contributed by atoms with Crippen molar-refractivity contribution < 1.29 is 9.47 Å². The van der Waals surface area contributed by atoms with Gasteiger partial charge in [-0.15, -0.1) is 0 Å². The van der Waals surface area contributed by atoms with Gasteiger partial charge in [0, 0.05) is 11.6 Å². The zero-order valence-electron chi connectivity index (χ0n) is 9.61. The Balaban J connectivity index is 2.51. The molecule has 0 aliphatic heterocycles. The number of hydrogen-bond donors (Lipinski definition) is 0. The van der Waals surface area contributed by atoms with Crippen LogP contribution >= 0.6 is 11.6 Å². The maximum absolute atomic E-state index is 5.87. The molecule has 17 heavy (non-hydrogen) atoms. The van der Waals surface area contributed by atoms with Crippen LogP contribution in [0.25, 0.3) is 11.3 Å². The van der Waals surface area contributed by atoms with E-state index in [9.17, 15) is 0 Å². The summed E-state index contributed by atoms with van der Waals surface area (Å²) in [6, 6.07) is 11.1. The molecule has 0 unspecified atom stereocenters. The molecule has 88 valence electrons. The van der Waals surface area contributed by atoms with Gasteiger partial charge in [0.05, 0.1) is 19.9 Å². The van der Waals surface area contributed by atoms with Crippen LogP contribution in [0.3, 0.4) is 0 Å². The number of hydrogen-bond acceptors (Lipinski definition) is 3. The van der Waals surface area contributed by atoms with Gasteiger partial charge in [0.25, 0.3) is 0 Å². The highest BCUT2D eigenvalue weighted by molar-refractivity contribution is 6.29. The number of ether oxygens (including phenoxy) is 2. The van der Waals surface area contributed by atoms with Crippen molar-refractivity contribution in [3.63, 3.8) is 0 Å². The first-order valence-corrected chi connectivity index (χ1v) is 5.47. The molecule has 3 nitrogen and oxygen atoms in total. The van der Waals surface area contributed by atoms with Crippen LogP contribution in [0.5, 0.6) is 11.5 Å². The molecule has 1 aromatic heterocycles. The molecule has 0 aliphatic carbocycles. The normalized spacial score (nSPS) is 10.1. The third-order valence-electron chi connectivity index (χ3n) is 2.40. The minimum Gasteiger partial charge on any atom is -0.497 e.